The van der Waals surface area contributed by atoms with Gasteiger partial charge in [-0.3, -0.25) is 0 Å². The second kappa shape index (κ2) is 10.2. The molecule has 4 aliphatic rings. The SMILES string of the molecule is B=C1C(C(N)=O)=C(O)[C@@H](N(C)C)[C@@H]2C[C@@H]3Cc4c(c(O)cc(CN(CC)C5(C)CCC5)c4N(C)C)C(=O)C3=C(O)[C@]12O. The Morgan fingerprint density at radius 1 is 1.17 bits per heavy atom. The van der Waals surface area contributed by atoms with Crippen LogP contribution in [0.25, 0.3) is 0 Å². The van der Waals surface area contributed by atoms with Crippen molar-refractivity contribution in [2.45, 2.75) is 69.7 Å². The number of aromatic hydroxyl groups is 1. The van der Waals surface area contributed by atoms with Gasteiger partial charge in [0.15, 0.2) is 0 Å². The first kappa shape index (κ1) is 30.3. The number of nitrogens with two attached hydrogens (primary N) is 1. The summed E-state index contributed by atoms with van der Waals surface area (Å²) in [5.74, 6) is -3.97. The number of likely N-dealkylation sites (N-methyl/N-ethyl adjacent to an activating group) is 1. The molecule has 1 aromatic rings. The summed E-state index contributed by atoms with van der Waals surface area (Å²) in [5.41, 5.74) is 5.47. The van der Waals surface area contributed by atoms with Crippen LogP contribution < -0.4 is 10.6 Å². The number of phenolic OH excluding ortho intramolecular Hbond substituents is 1. The number of anilines is 1. The quantitative estimate of drug-likeness (QED) is 0.303. The van der Waals surface area contributed by atoms with E-state index in [0.29, 0.717) is 18.5 Å². The van der Waals surface area contributed by atoms with Crippen LogP contribution in [0.3, 0.4) is 0 Å². The van der Waals surface area contributed by atoms with Crippen molar-refractivity contribution in [3.8, 4) is 5.75 Å². The molecule has 226 valence electrons. The summed E-state index contributed by atoms with van der Waals surface area (Å²) in [6, 6.07) is 0.792. The molecule has 1 saturated carbocycles. The number of phenols is 1. The van der Waals surface area contributed by atoms with Gasteiger partial charge in [-0.05, 0) is 26.2 Å². The molecule has 42 heavy (non-hydrogen) atoms. The third kappa shape index (κ3) is 4.15. The fourth-order valence-corrected chi connectivity index (χ4v) is 8.11. The molecule has 1 aromatic carbocycles. The average Bonchev–Trinajstić information content (AvgIpc) is 2.87. The van der Waals surface area contributed by atoms with Gasteiger partial charge < -0.3 is 0 Å². The molecule has 0 aromatic heterocycles. The van der Waals surface area contributed by atoms with E-state index in [2.05, 4.69) is 26.2 Å². The van der Waals surface area contributed by atoms with Crippen molar-refractivity contribution in [2.24, 2.45) is 17.6 Å². The summed E-state index contributed by atoms with van der Waals surface area (Å²) in [5, 5.41) is 46.2. The molecule has 5 rings (SSSR count). The number of aliphatic hydroxyl groups is 3. The van der Waals surface area contributed by atoms with Gasteiger partial charge in [0.1, 0.15) is 0 Å². The van der Waals surface area contributed by atoms with Gasteiger partial charge in [0.25, 0.3) is 0 Å². The molecule has 1 amide bonds. The van der Waals surface area contributed by atoms with Gasteiger partial charge in [0.05, 0.1) is 0 Å². The summed E-state index contributed by atoms with van der Waals surface area (Å²) in [4.78, 5) is 32.6. The van der Waals surface area contributed by atoms with Gasteiger partial charge in [-0.1, -0.05) is 6.92 Å². The number of Topliss-reactive ketones (excluding diaryl/α,β-unsaturated/α-hetero) is 1. The zero-order valence-electron chi connectivity index (χ0n) is 25.5. The van der Waals surface area contributed by atoms with Gasteiger partial charge in [-0.2, -0.15) is 0 Å². The van der Waals surface area contributed by atoms with Crippen molar-refractivity contribution in [3.63, 3.8) is 0 Å². The molecule has 0 spiro atoms. The Morgan fingerprint density at radius 3 is 2.31 bits per heavy atom. The maximum atomic E-state index is 14.2. The standard InChI is InChI=1S/C31H43BN4O6/c1-7-36(30(2)9-8-10-30)14-16-13-19(37)21-17(23(16)34(3)4)11-15-12-18-24(35(5)6)26(39)22(29(33)41)27(32)31(18,42)28(40)20(15)25(21)38/h13,15,18,24,32,37,39-40,42H,7-12,14H2,1-6H3,(H2,33,41)/t15-,18-,24-,31+/m0/s1. The number of carbonyl (C=O) groups excluding carboxylic acids is 2. The van der Waals surface area contributed by atoms with Crippen LogP contribution in [0.15, 0.2) is 28.7 Å². The number of primary amides is 1. The molecule has 11 heteroatoms. The number of hydrogen-bond donors (Lipinski definition) is 5. The predicted molar refractivity (Wildman–Crippen MR) is 163 cm³/mol. The van der Waals surface area contributed by atoms with Crippen LogP contribution in [0.5, 0.6) is 5.75 Å². The minimum atomic E-state index is -2.20. The van der Waals surface area contributed by atoms with E-state index in [1.165, 1.54) is 6.42 Å². The summed E-state index contributed by atoms with van der Waals surface area (Å²) >= 11 is 0. The molecule has 6 N–H and O–H groups in total. The second-order valence-corrected chi connectivity index (χ2v) is 13.1. The van der Waals surface area contributed by atoms with Gasteiger partial charge in [0, 0.05) is 0 Å². The number of carbonyl (C=O) groups is 2. The van der Waals surface area contributed by atoms with Crippen molar-refractivity contribution in [1.29, 1.82) is 0 Å². The monoisotopic (exact) mass is 578 g/mol. The molecule has 0 bridgehead atoms. The predicted octanol–water partition coefficient (Wildman–Crippen LogP) is 1.46. The summed E-state index contributed by atoms with van der Waals surface area (Å²) in [6.45, 7) is 5.88. The fraction of sp³-hybridized carbons (Fsp3) is 0.581. The Morgan fingerprint density at radius 2 is 1.81 bits per heavy atom. The Hall–Kier alpha value is -3.15. The normalized spacial score (nSPS) is 28.4. The Bertz CT molecular complexity index is 1440. The van der Waals surface area contributed by atoms with Crippen LogP contribution in [0.2, 0.25) is 0 Å². The summed E-state index contributed by atoms with van der Waals surface area (Å²) in [6.07, 6.45) is 3.98. The van der Waals surface area contributed by atoms with Crippen LogP contribution in [0.1, 0.15) is 61.0 Å². The number of rotatable bonds is 7. The maximum absolute atomic E-state index is 14.2. The van der Waals surface area contributed by atoms with Crippen LogP contribution in [0.4, 0.5) is 5.69 Å². The van der Waals surface area contributed by atoms with E-state index in [1.54, 1.807) is 25.1 Å². The average molecular weight is 579 g/mol. The van der Waals surface area contributed by atoms with E-state index >= 15 is 0 Å². The van der Waals surface area contributed by atoms with E-state index in [9.17, 15) is 30.0 Å². The second-order valence-electron chi connectivity index (χ2n) is 13.1. The molecule has 0 saturated heterocycles. The molecule has 0 radical (unpaired) electrons. The van der Waals surface area contributed by atoms with Crippen molar-refractivity contribution in [3.05, 3.63) is 45.4 Å². The van der Waals surface area contributed by atoms with E-state index < -0.39 is 40.9 Å². The van der Waals surface area contributed by atoms with Crippen molar-refractivity contribution in [1.82, 2.24) is 9.80 Å². The van der Waals surface area contributed by atoms with Crippen LogP contribution in [-0.2, 0) is 17.8 Å². The Balaban J connectivity index is 1.67. The Labute approximate surface area is 248 Å². The molecule has 0 unspecified atom stereocenters. The fourth-order valence-electron chi connectivity index (χ4n) is 8.11. The number of ketones is 1. The van der Waals surface area contributed by atoms with Crippen LogP contribution in [-0.4, -0.2) is 107 Å². The minimum absolute atomic E-state index is 0.00460. The number of hydrogen-bond acceptors (Lipinski definition) is 9. The number of allylic oxidation sites excluding steroid dienone is 1. The molecular formula is C31H43BN4O6. The third-order valence-corrected chi connectivity index (χ3v) is 10.3. The summed E-state index contributed by atoms with van der Waals surface area (Å²) in [7, 11) is 11.1. The molecule has 4 aliphatic carbocycles. The van der Waals surface area contributed by atoms with E-state index in [1.807, 2.05) is 19.0 Å². The molecule has 0 aliphatic heterocycles. The number of nitrogens with zero attached hydrogens (tertiary/aromatic N) is 3. The van der Waals surface area contributed by atoms with E-state index in [0.717, 1.165) is 30.6 Å². The van der Waals surface area contributed by atoms with Gasteiger partial charge in [-0.25, -0.2) is 0 Å². The number of amides is 1. The van der Waals surface area contributed by atoms with E-state index in [-0.39, 0.29) is 45.6 Å². The van der Waals surface area contributed by atoms with Crippen LogP contribution in [0, 0.1) is 11.8 Å². The van der Waals surface area contributed by atoms with Crippen molar-refractivity contribution < 1.29 is 30.0 Å². The third-order valence-electron chi connectivity index (χ3n) is 10.3. The Kier molecular flexibility index (Phi) is 7.39. The number of benzene rings is 1. The van der Waals surface area contributed by atoms with Crippen LogP contribution >= 0.6 is 0 Å². The zero-order chi connectivity index (χ0) is 31.0. The van der Waals surface area contributed by atoms with E-state index in [4.69, 9.17) is 5.73 Å². The molecule has 4 atom stereocenters. The molecule has 0 heterocycles. The van der Waals surface area contributed by atoms with Gasteiger partial charge in [-0.15, -0.1) is 0 Å². The summed E-state index contributed by atoms with van der Waals surface area (Å²) < 4.78 is 0. The van der Waals surface area contributed by atoms with Crippen molar-refractivity contribution >= 4 is 30.3 Å². The first-order valence-electron chi connectivity index (χ1n) is 14.7. The first-order chi connectivity index (χ1) is 19.6. The van der Waals surface area contributed by atoms with Gasteiger partial charge in [0.2, 0.25) is 0 Å². The zero-order valence-corrected chi connectivity index (χ0v) is 25.5. The van der Waals surface area contributed by atoms with Gasteiger partial charge >= 0.3 is 215 Å². The topological polar surface area (TPSA) is 151 Å². The number of fused-ring (bicyclic) bond motifs is 3. The van der Waals surface area contributed by atoms with Crippen molar-refractivity contribution in [2.75, 3.05) is 39.6 Å². The first-order valence-corrected chi connectivity index (χ1v) is 14.7. The molecular weight excluding hydrogens is 535 g/mol. The molecule has 10 nitrogen and oxygen atoms in total. The number of aliphatic hydroxyl groups excluding tert-OH is 2. The molecule has 1 fully saturated rings.